The fraction of sp³-hybridized carbons (Fsp3) is 0.448. The number of ether oxygens (including phenoxy) is 1. The summed E-state index contributed by atoms with van der Waals surface area (Å²) < 4.78 is 102. The number of sulfone groups is 1. The molecule has 1 aliphatic heterocycles. The van der Waals surface area contributed by atoms with Gasteiger partial charge in [-0.05, 0) is 43.9 Å². The van der Waals surface area contributed by atoms with Crippen molar-refractivity contribution in [1.82, 2.24) is 15.3 Å². The van der Waals surface area contributed by atoms with Gasteiger partial charge in [0.25, 0.3) is 5.92 Å². The summed E-state index contributed by atoms with van der Waals surface area (Å²) in [6, 6.07) is 3.59. The van der Waals surface area contributed by atoms with E-state index in [0.717, 1.165) is 10.4 Å². The lowest BCUT2D eigenvalue weighted by Gasteiger charge is -2.30. The van der Waals surface area contributed by atoms with Crippen molar-refractivity contribution in [1.29, 1.82) is 0 Å². The van der Waals surface area contributed by atoms with Crippen LogP contribution in [0.5, 0.6) is 11.5 Å². The number of piperidine rings is 1. The molecule has 0 aliphatic carbocycles. The molecule has 2 N–H and O–H groups in total. The van der Waals surface area contributed by atoms with E-state index in [4.69, 9.17) is 4.74 Å². The molecule has 0 saturated carbocycles. The number of anilines is 1. The highest BCUT2D eigenvalue weighted by Crippen LogP contribution is 2.45. The minimum atomic E-state index is -4.05. The summed E-state index contributed by atoms with van der Waals surface area (Å²) in [4.78, 5) is 10.1. The van der Waals surface area contributed by atoms with Crippen molar-refractivity contribution < 1.29 is 35.1 Å². The van der Waals surface area contributed by atoms with E-state index < -0.39 is 51.2 Å². The first-order chi connectivity index (χ1) is 20.3. The number of hydrogen-bond donors (Lipinski definition) is 2. The number of aromatic nitrogens is 2. The highest BCUT2D eigenvalue weighted by atomic mass is 32.2. The number of rotatable bonds is 13. The zero-order valence-electron chi connectivity index (χ0n) is 23.7. The monoisotopic (exact) mass is 644 g/mol. The first-order valence-corrected chi connectivity index (χ1v) is 16.3. The third kappa shape index (κ3) is 7.90. The summed E-state index contributed by atoms with van der Waals surface area (Å²) >= 11 is 1.34. The summed E-state index contributed by atoms with van der Waals surface area (Å²) in [5, 5.41) is 5.63. The van der Waals surface area contributed by atoms with E-state index >= 15 is 8.78 Å². The second kappa shape index (κ2) is 13.7. The largest absolute Gasteiger partial charge is 0.452 e. The number of alkyl halides is 3. The maximum Gasteiger partial charge on any atom is 0.262 e. The normalized spacial score (nSPS) is 17.4. The fourth-order valence-corrected chi connectivity index (χ4v) is 7.21. The molecule has 1 unspecified atom stereocenters. The maximum absolute atomic E-state index is 15.2. The lowest BCUT2D eigenvalue weighted by Crippen LogP contribution is -2.49. The van der Waals surface area contributed by atoms with E-state index in [1.165, 1.54) is 35.7 Å². The Labute approximate surface area is 251 Å². The predicted octanol–water partition coefficient (Wildman–Crippen LogP) is 6.77. The van der Waals surface area contributed by atoms with E-state index in [1.54, 1.807) is 6.07 Å². The van der Waals surface area contributed by atoms with Gasteiger partial charge in [-0.15, -0.1) is 17.9 Å². The van der Waals surface area contributed by atoms with Gasteiger partial charge in [0.15, 0.2) is 27.2 Å². The number of aryl methyl sites for hydroxylation is 2. The van der Waals surface area contributed by atoms with Crippen molar-refractivity contribution in [2.45, 2.75) is 63.4 Å². The van der Waals surface area contributed by atoms with Crippen LogP contribution in [0.25, 0.3) is 10.6 Å². The van der Waals surface area contributed by atoms with Crippen molar-refractivity contribution in [3.63, 3.8) is 0 Å². The summed E-state index contributed by atoms with van der Waals surface area (Å²) in [5.41, 5.74) is -0.976. The maximum atomic E-state index is 15.2. The Morgan fingerprint density at radius 1 is 1.28 bits per heavy atom. The molecule has 3 heterocycles. The van der Waals surface area contributed by atoms with Gasteiger partial charge in [0.2, 0.25) is 17.3 Å². The molecule has 1 aromatic carbocycles. The second-order valence-corrected chi connectivity index (χ2v) is 13.8. The Balaban J connectivity index is 1.55. The third-order valence-corrected chi connectivity index (χ3v) is 9.99. The fourth-order valence-electron chi connectivity index (χ4n) is 4.84. The van der Waals surface area contributed by atoms with Crippen LogP contribution in [0.3, 0.4) is 0 Å². The Morgan fingerprint density at radius 2 is 2.05 bits per heavy atom. The van der Waals surface area contributed by atoms with Crippen LogP contribution < -0.4 is 15.4 Å². The minimum Gasteiger partial charge on any atom is -0.452 e. The van der Waals surface area contributed by atoms with Gasteiger partial charge in [-0.2, -0.15) is 4.39 Å². The molecule has 234 valence electrons. The zero-order chi connectivity index (χ0) is 31.4. The molecular formula is C29H33F5N4O3S2. The van der Waals surface area contributed by atoms with E-state index in [0.29, 0.717) is 23.5 Å². The molecule has 7 nitrogen and oxygen atoms in total. The summed E-state index contributed by atoms with van der Waals surface area (Å²) in [6.45, 7) is 7.00. The van der Waals surface area contributed by atoms with E-state index in [1.807, 2.05) is 13.8 Å². The van der Waals surface area contributed by atoms with Gasteiger partial charge in [0, 0.05) is 42.1 Å². The molecule has 2 aromatic heterocycles. The van der Waals surface area contributed by atoms with E-state index in [-0.39, 0.29) is 48.7 Å². The zero-order valence-corrected chi connectivity index (χ0v) is 25.4. The van der Waals surface area contributed by atoms with E-state index in [2.05, 4.69) is 27.2 Å². The quantitative estimate of drug-likeness (QED) is 0.157. The molecule has 1 aliphatic rings. The molecule has 2 atom stereocenters. The first kappa shape index (κ1) is 32.8. The Morgan fingerprint density at radius 3 is 2.74 bits per heavy atom. The molecule has 3 aromatic rings. The van der Waals surface area contributed by atoms with Crippen LogP contribution in [0.2, 0.25) is 0 Å². The molecular weight excluding hydrogens is 611 g/mol. The smallest absolute Gasteiger partial charge is 0.262 e. The van der Waals surface area contributed by atoms with Crippen LogP contribution in [0.15, 0.2) is 37.1 Å². The number of halogens is 5. The molecule has 0 bridgehead atoms. The van der Waals surface area contributed by atoms with Gasteiger partial charge in [-0.3, -0.25) is 0 Å². The summed E-state index contributed by atoms with van der Waals surface area (Å²) in [6.07, 6.45) is 2.23. The lowest BCUT2D eigenvalue weighted by atomic mass is 10.0. The van der Waals surface area contributed by atoms with Crippen LogP contribution in [-0.4, -0.2) is 54.7 Å². The molecule has 1 fully saturated rings. The Kier molecular flexibility index (Phi) is 10.4. The average Bonchev–Trinajstić information content (AvgIpc) is 3.26. The van der Waals surface area contributed by atoms with Crippen molar-refractivity contribution in [3.05, 3.63) is 64.7 Å². The van der Waals surface area contributed by atoms with E-state index in [9.17, 15) is 21.6 Å². The minimum absolute atomic E-state index is 0.0640. The average molecular weight is 645 g/mol. The molecule has 0 radical (unpaired) electrons. The Hall–Kier alpha value is -3.10. The number of nitrogens with one attached hydrogen (secondary N) is 2. The van der Waals surface area contributed by atoms with Gasteiger partial charge < -0.3 is 15.4 Å². The standard InChI is InChI=1S/C29H33F5N4O3S2/c1-4-7-23(30)43(39,40)13-6-8-18-9-10-22(25(32)24(18)31)41-26-20(5-2)17(3)42-27(26)21-11-12-36-28(38-21)37-19-14-29(33,34)16-35-15-19/h4,9-12,19,23,35H,1,5-8,13-16H2,2-3H3,(H,36,37,38)/t19-,23?/m0/s1. The van der Waals surface area contributed by atoms with Crippen LogP contribution in [0, 0.1) is 18.6 Å². The lowest BCUT2D eigenvalue weighted by molar-refractivity contribution is -0.0244. The van der Waals surface area contributed by atoms with Crippen LogP contribution >= 0.6 is 11.3 Å². The second-order valence-electron chi connectivity index (χ2n) is 10.3. The van der Waals surface area contributed by atoms with Crippen LogP contribution in [-0.2, 0) is 22.7 Å². The van der Waals surface area contributed by atoms with Crippen molar-refractivity contribution >= 4 is 27.1 Å². The van der Waals surface area contributed by atoms with Crippen molar-refractivity contribution in [2.75, 3.05) is 24.2 Å². The number of thiophene rings is 1. The molecule has 0 amide bonds. The van der Waals surface area contributed by atoms with Crippen molar-refractivity contribution in [3.8, 4) is 22.1 Å². The number of hydrogen-bond acceptors (Lipinski definition) is 8. The Bertz CT molecular complexity index is 1570. The number of allylic oxidation sites excluding steroid dienone is 1. The van der Waals surface area contributed by atoms with Gasteiger partial charge in [0.05, 0.1) is 22.9 Å². The number of benzene rings is 1. The summed E-state index contributed by atoms with van der Waals surface area (Å²) in [7, 11) is -4.05. The molecule has 4 rings (SSSR count). The highest BCUT2D eigenvalue weighted by Gasteiger charge is 2.36. The first-order valence-electron chi connectivity index (χ1n) is 13.8. The molecule has 14 heteroatoms. The predicted molar refractivity (Wildman–Crippen MR) is 158 cm³/mol. The summed E-state index contributed by atoms with van der Waals surface area (Å²) in [5.74, 6) is -5.75. The van der Waals surface area contributed by atoms with Crippen LogP contribution in [0.1, 0.15) is 42.2 Å². The topological polar surface area (TPSA) is 93.2 Å². The number of nitrogens with zero attached hydrogens (tertiary/aromatic N) is 2. The molecule has 1 saturated heterocycles. The third-order valence-electron chi connectivity index (χ3n) is 7.01. The van der Waals surface area contributed by atoms with Crippen molar-refractivity contribution in [2.24, 2.45) is 0 Å². The highest BCUT2D eigenvalue weighted by molar-refractivity contribution is 7.91. The van der Waals surface area contributed by atoms with Gasteiger partial charge >= 0.3 is 0 Å². The molecule has 0 spiro atoms. The van der Waals surface area contributed by atoms with Gasteiger partial charge in [0.1, 0.15) is 0 Å². The van der Waals surface area contributed by atoms with Crippen LogP contribution in [0.4, 0.5) is 27.9 Å². The van der Waals surface area contributed by atoms with Gasteiger partial charge in [-0.1, -0.05) is 19.1 Å². The van der Waals surface area contributed by atoms with Gasteiger partial charge in [-0.25, -0.2) is 35.9 Å². The SMILES string of the molecule is C=CCC(F)S(=O)(=O)CCCc1ccc(Oc2c(-c3ccnc(N[C@@H]4CNCC(F)(F)C4)n3)sc(C)c2CC)c(F)c1F. The molecule has 43 heavy (non-hydrogen) atoms.